The second-order valence-corrected chi connectivity index (χ2v) is 5.58. The fourth-order valence-electron chi connectivity index (χ4n) is 2.08. The lowest BCUT2D eigenvalue weighted by atomic mass is 9.95. The average molecular weight is 280 g/mol. The quantitative estimate of drug-likeness (QED) is 0.849. The molecular formula is C13H10F2N2OS. The Kier molecular flexibility index (Phi) is 3.10. The molecule has 0 radical (unpaired) electrons. The molecule has 1 atom stereocenters. The van der Waals surface area contributed by atoms with E-state index >= 15 is 0 Å². The second kappa shape index (κ2) is 4.77. The average Bonchev–Trinajstić information content (AvgIpc) is 2.74. The number of aromatic nitrogens is 1. The summed E-state index contributed by atoms with van der Waals surface area (Å²) in [6.45, 7) is 0.221. The molecule has 2 aromatic rings. The van der Waals surface area contributed by atoms with Crippen LogP contribution in [0.5, 0.6) is 0 Å². The second-order valence-electron chi connectivity index (χ2n) is 4.47. The summed E-state index contributed by atoms with van der Waals surface area (Å²) >= 11 is 1.30. The van der Waals surface area contributed by atoms with E-state index in [1.54, 1.807) is 6.21 Å². The smallest absolute Gasteiger partial charge is 0.161 e. The third kappa shape index (κ3) is 2.40. The standard InChI is InChI=1S/C13H10F2N2OS/c14-8-4-10-12(5-9(8)15)19-13(17-10)3-7-1-2-16-6-11(7)18/h2,4-5,7H,1,3,6H2. The molecule has 0 saturated carbocycles. The van der Waals surface area contributed by atoms with Gasteiger partial charge in [0.25, 0.3) is 0 Å². The number of carbonyl (C=O) groups is 1. The Bertz CT molecular complexity index is 642. The van der Waals surface area contributed by atoms with E-state index < -0.39 is 11.6 Å². The molecule has 6 heteroatoms. The molecule has 1 aromatic heterocycles. The van der Waals surface area contributed by atoms with Crippen molar-refractivity contribution < 1.29 is 13.6 Å². The Hall–Kier alpha value is -1.69. The number of aliphatic imine (C=N–C) groups is 1. The summed E-state index contributed by atoms with van der Waals surface area (Å²) in [5, 5.41) is 0.730. The Morgan fingerprint density at radius 3 is 2.89 bits per heavy atom. The maximum atomic E-state index is 13.1. The zero-order valence-electron chi connectivity index (χ0n) is 9.90. The van der Waals surface area contributed by atoms with Gasteiger partial charge in [0.2, 0.25) is 0 Å². The van der Waals surface area contributed by atoms with Crippen LogP contribution in [0.1, 0.15) is 11.4 Å². The number of carbonyl (C=O) groups excluding carboxylic acids is 1. The van der Waals surface area contributed by atoms with Crippen molar-refractivity contribution in [3.63, 3.8) is 0 Å². The van der Waals surface area contributed by atoms with Crippen LogP contribution in [-0.4, -0.2) is 23.5 Å². The molecule has 3 nitrogen and oxygen atoms in total. The van der Waals surface area contributed by atoms with Crippen molar-refractivity contribution >= 4 is 33.6 Å². The first-order valence-electron chi connectivity index (χ1n) is 5.89. The van der Waals surface area contributed by atoms with Gasteiger partial charge in [-0.15, -0.1) is 11.3 Å². The van der Waals surface area contributed by atoms with Gasteiger partial charge in [0, 0.05) is 18.4 Å². The summed E-state index contributed by atoms with van der Waals surface area (Å²) in [5.74, 6) is -1.79. The predicted molar refractivity (Wildman–Crippen MR) is 69.7 cm³/mol. The Balaban J connectivity index is 1.89. The molecule has 0 N–H and O–H groups in total. The summed E-state index contributed by atoms with van der Waals surface area (Å²) in [5.41, 5.74) is 0.441. The maximum absolute atomic E-state index is 13.1. The highest BCUT2D eigenvalue weighted by Crippen LogP contribution is 2.27. The van der Waals surface area contributed by atoms with E-state index in [2.05, 4.69) is 9.98 Å². The molecule has 0 spiro atoms. The number of hydrogen-bond acceptors (Lipinski definition) is 4. The van der Waals surface area contributed by atoms with Crippen LogP contribution in [0.15, 0.2) is 17.1 Å². The van der Waals surface area contributed by atoms with Crippen LogP contribution >= 0.6 is 11.3 Å². The molecule has 2 heterocycles. The van der Waals surface area contributed by atoms with Gasteiger partial charge in [-0.05, 0) is 18.7 Å². The van der Waals surface area contributed by atoms with Gasteiger partial charge in [-0.1, -0.05) is 0 Å². The van der Waals surface area contributed by atoms with Crippen molar-refractivity contribution in [2.45, 2.75) is 12.8 Å². The largest absolute Gasteiger partial charge is 0.297 e. The van der Waals surface area contributed by atoms with Gasteiger partial charge in [-0.2, -0.15) is 0 Å². The van der Waals surface area contributed by atoms with Crippen molar-refractivity contribution in [2.75, 3.05) is 6.54 Å². The van der Waals surface area contributed by atoms with Crippen LogP contribution < -0.4 is 0 Å². The maximum Gasteiger partial charge on any atom is 0.161 e. The number of benzene rings is 1. The summed E-state index contributed by atoms with van der Waals surface area (Å²) in [6.07, 6.45) is 2.86. The molecule has 98 valence electrons. The van der Waals surface area contributed by atoms with E-state index in [4.69, 9.17) is 0 Å². The molecule has 1 aromatic carbocycles. The van der Waals surface area contributed by atoms with Crippen molar-refractivity contribution in [3.05, 3.63) is 28.8 Å². The summed E-state index contributed by atoms with van der Waals surface area (Å²) < 4.78 is 26.8. The van der Waals surface area contributed by atoms with Crippen molar-refractivity contribution in [2.24, 2.45) is 10.9 Å². The number of rotatable bonds is 2. The summed E-state index contributed by atoms with van der Waals surface area (Å²) in [6, 6.07) is 2.24. The molecule has 0 aliphatic carbocycles. The highest BCUT2D eigenvalue weighted by Gasteiger charge is 2.22. The normalized spacial score (nSPS) is 19.3. The molecule has 1 aliphatic rings. The lowest BCUT2D eigenvalue weighted by molar-refractivity contribution is -0.121. The Labute approximate surface area is 112 Å². The SMILES string of the molecule is O=C1CN=CCC1Cc1nc2cc(F)c(F)cc2s1. The zero-order valence-corrected chi connectivity index (χ0v) is 10.7. The summed E-state index contributed by atoms with van der Waals surface area (Å²) in [4.78, 5) is 19.8. The number of thiazole rings is 1. The first-order chi connectivity index (χ1) is 9.13. The Morgan fingerprint density at radius 1 is 1.32 bits per heavy atom. The first-order valence-corrected chi connectivity index (χ1v) is 6.70. The molecule has 0 bridgehead atoms. The van der Waals surface area contributed by atoms with Gasteiger partial charge in [-0.25, -0.2) is 13.8 Å². The highest BCUT2D eigenvalue weighted by molar-refractivity contribution is 7.18. The van der Waals surface area contributed by atoms with Crippen molar-refractivity contribution in [1.29, 1.82) is 0 Å². The zero-order chi connectivity index (χ0) is 13.4. The molecule has 1 unspecified atom stereocenters. The molecule has 0 saturated heterocycles. The Morgan fingerprint density at radius 2 is 2.11 bits per heavy atom. The number of fused-ring (bicyclic) bond motifs is 1. The lowest BCUT2D eigenvalue weighted by Gasteiger charge is -2.13. The fraction of sp³-hybridized carbons (Fsp3) is 0.308. The van der Waals surface area contributed by atoms with Crippen LogP contribution in [0.25, 0.3) is 10.2 Å². The fourth-order valence-corrected chi connectivity index (χ4v) is 3.14. The van der Waals surface area contributed by atoms with Crippen LogP contribution in [-0.2, 0) is 11.2 Å². The van der Waals surface area contributed by atoms with E-state index in [0.29, 0.717) is 23.1 Å². The van der Waals surface area contributed by atoms with Crippen LogP contribution in [0.4, 0.5) is 8.78 Å². The molecule has 3 rings (SSSR count). The number of ketones is 1. The number of nitrogens with zero attached hydrogens (tertiary/aromatic N) is 2. The summed E-state index contributed by atoms with van der Waals surface area (Å²) in [7, 11) is 0. The van der Waals surface area contributed by atoms with E-state index in [-0.39, 0.29) is 18.2 Å². The van der Waals surface area contributed by atoms with Crippen LogP contribution in [0.3, 0.4) is 0 Å². The lowest BCUT2D eigenvalue weighted by Crippen LogP contribution is -2.23. The minimum absolute atomic E-state index is 0.0964. The van der Waals surface area contributed by atoms with E-state index in [1.807, 2.05) is 0 Å². The van der Waals surface area contributed by atoms with Gasteiger partial charge in [0.15, 0.2) is 17.4 Å². The van der Waals surface area contributed by atoms with Crippen LogP contribution in [0, 0.1) is 17.6 Å². The topological polar surface area (TPSA) is 42.3 Å². The molecule has 0 fully saturated rings. The van der Waals surface area contributed by atoms with Gasteiger partial charge >= 0.3 is 0 Å². The van der Waals surface area contributed by atoms with Gasteiger partial charge in [0.05, 0.1) is 21.8 Å². The van der Waals surface area contributed by atoms with Gasteiger partial charge in [0.1, 0.15) is 0 Å². The van der Waals surface area contributed by atoms with Crippen molar-refractivity contribution in [3.8, 4) is 0 Å². The molecule has 0 amide bonds. The first kappa shape index (κ1) is 12.3. The van der Waals surface area contributed by atoms with Crippen molar-refractivity contribution in [1.82, 2.24) is 4.98 Å². The van der Waals surface area contributed by atoms with Crippen LogP contribution in [0.2, 0.25) is 0 Å². The predicted octanol–water partition coefficient (Wildman–Crippen LogP) is 2.78. The monoisotopic (exact) mass is 280 g/mol. The van der Waals surface area contributed by atoms with E-state index in [9.17, 15) is 13.6 Å². The number of hydrogen-bond donors (Lipinski definition) is 0. The number of halogens is 2. The minimum Gasteiger partial charge on any atom is -0.297 e. The van der Waals surface area contributed by atoms with Gasteiger partial charge in [-0.3, -0.25) is 9.79 Å². The third-order valence-electron chi connectivity index (χ3n) is 3.12. The van der Waals surface area contributed by atoms with E-state index in [0.717, 1.165) is 17.1 Å². The minimum atomic E-state index is -0.898. The molecule has 19 heavy (non-hydrogen) atoms. The van der Waals surface area contributed by atoms with Gasteiger partial charge < -0.3 is 0 Å². The number of Topliss-reactive ketones (excluding diaryl/α,β-unsaturated/α-hetero) is 1. The van der Waals surface area contributed by atoms with E-state index in [1.165, 1.54) is 11.3 Å². The highest BCUT2D eigenvalue weighted by atomic mass is 32.1. The molecular weight excluding hydrogens is 270 g/mol. The molecule has 1 aliphatic heterocycles. The third-order valence-corrected chi connectivity index (χ3v) is 4.16.